The molecule has 0 unspecified atom stereocenters. The zero-order valence-corrected chi connectivity index (χ0v) is 34.6. The van der Waals surface area contributed by atoms with Gasteiger partial charge >= 0.3 is 0 Å². The standard InChI is InChI=1S/C33H36N2S2.C5H12O.C4H9NO.C2H6/c1-7-9-29-21(4)33(35-37)32(22(5)31(29)25-12-10-20(3)11-13-25)30-19-27(16-14-24(30)8-2)34-23(6)26-15-17-28(36)18-26;1-5(2,3)6-4;1-3-6-4-2-5-1;1-2/h7,10-17,19,34-37H,1,6,8-9,18H2,2-5H3;1-4H3;5H,1-4H2;1-2H3. The molecule has 0 saturated carbocycles. The van der Waals surface area contributed by atoms with Gasteiger partial charge in [0.2, 0.25) is 0 Å². The Balaban J connectivity index is 0.000000541. The van der Waals surface area contributed by atoms with Gasteiger partial charge in [-0.3, -0.25) is 0 Å². The molecule has 0 bridgehead atoms. The summed E-state index contributed by atoms with van der Waals surface area (Å²) in [5, 5.41) is 6.70. The molecule has 1 saturated heterocycles. The van der Waals surface area contributed by atoms with E-state index in [1.165, 1.54) is 50.1 Å². The third kappa shape index (κ3) is 13.1. The topological polar surface area (TPSA) is 54.5 Å². The van der Waals surface area contributed by atoms with E-state index in [0.717, 1.165) is 73.1 Å². The molecule has 0 aromatic heterocycles. The first kappa shape index (κ1) is 44.0. The number of ether oxygens (including phenoxy) is 2. The second-order valence-electron chi connectivity index (χ2n) is 13.4. The van der Waals surface area contributed by atoms with Crippen molar-refractivity contribution in [2.45, 2.75) is 87.2 Å². The molecule has 0 spiro atoms. The molecule has 3 N–H and O–H groups in total. The molecule has 1 heterocycles. The Kier molecular flexibility index (Phi) is 19.0. The largest absolute Gasteiger partial charge is 0.379 e. The van der Waals surface area contributed by atoms with Crippen molar-refractivity contribution >= 4 is 36.8 Å². The molecule has 1 aliphatic heterocycles. The van der Waals surface area contributed by atoms with Gasteiger partial charge in [0.15, 0.2) is 0 Å². The fourth-order valence-corrected chi connectivity index (χ4v) is 6.26. The molecule has 0 amide bonds. The third-order valence-corrected chi connectivity index (χ3v) is 9.21. The van der Waals surface area contributed by atoms with Gasteiger partial charge in [-0.15, -0.1) is 19.2 Å². The number of hydrogen-bond acceptors (Lipinski definition) is 7. The molecule has 2 aliphatic rings. The number of hydrogen-bond donors (Lipinski definition) is 5. The second-order valence-corrected chi connectivity index (χ2v) is 14.2. The summed E-state index contributed by atoms with van der Waals surface area (Å²) < 4.78 is 13.2. The summed E-state index contributed by atoms with van der Waals surface area (Å²) in [5.41, 5.74) is 15.3. The van der Waals surface area contributed by atoms with Crippen molar-refractivity contribution in [2.75, 3.05) is 43.5 Å². The van der Waals surface area contributed by atoms with E-state index < -0.39 is 0 Å². The second kappa shape index (κ2) is 22.0. The monoisotopic (exact) mass is 729 g/mol. The first-order valence-corrected chi connectivity index (χ1v) is 19.0. The molecule has 1 aliphatic carbocycles. The van der Waals surface area contributed by atoms with Crippen molar-refractivity contribution < 1.29 is 9.47 Å². The maximum Gasteiger partial charge on any atom is 0.0594 e. The Morgan fingerprint density at radius 3 is 2.06 bits per heavy atom. The lowest BCUT2D eigenvalue weighted by molar-refractivity contribution is 0.0397. The van der Waals surface area contributed by atoms with E-state index >= 15 is 0 Å². The highest BCUT2D eigenvalue weighted by Gasteiger charge is 2.23. The molecule has 3 aromatic rings. The first-order chi connectivity index (χ1) is 24.3. The van der Waals surface area contributed by atoms with E-state index in [1.54, 1.807) is 7.11 Å². The fraction of sp³-hybridized carbons (Fsp3) is 0.409. The summed E-state index contributed by atoms with van der Waals surface area (Å²) in [6, 6.07) is 15.4. The normalized spacial score (nSPS) is 13.6. The lowest BCUT2D eigenvalue weighted by Gasteiger charge is -2.25. The molecule has 3 aromatic carbocycles. The van der Waals surface area contributed by atoms with Gasteiger partial charge in [-0.2, -0.15) is 0 Å². The van der Waals surface area contributed by atoms with Crippen LogP contribution in [0.5, 0.6) is 0 Å². The Bertz CT molecular complexity index is 1630. The molecule has 1 fully saturated rings. The number of benzene rings is 3. The van der Waals surface area contributed by atoms with Crippen molar-refractivity contribution in [2.24, 2.45) is 0 Å². The lowest BCUT2D eigenvalue weighted by atomic mass is 9.82. The number of methoxy groups -OCH3 is 1. The predicted molar refractivity (Wildman–Crippen MR) is 232 cm³/mol. The highest BCUT2D eigenvalue weighted by Crippen LogP contribution is 2.45. The Morgan fingerprint density at radius 1 is 0.980 bits per heavy atom. The maximum atomic E-state index is 5.01. The van der Waals surface area contributed by atoms with Crippen LogP contribution in [0.3, 0.4) is 0 Å². The van der Waals surface area contributed by atoms with Gasteiger partial charge in [0.1, 0.15) is 0 Å². The zero-order chi connectivity index (χ0) is 38.1. The van der Waals surface area contributed by atoms with Crippen LogP contribution in [-0.4, -0.2) is 39.0 Å². The zero-order valence-electron chi connectivity index (χ0n) is 32.8. The molecular formula is C44H63N3O2S2. The number of thiol groups is 2. The molecule has 0 atom stereocenters. The quantitative estimate of drug-likeness (QED) is 0.112. The minimum atomic E-state index is 0.0417. The smallest absolute Gasteiger partial charge is 0.0594 e. The molecule has 5 nitrogen and oxygen atoms in total. The summed E-state index contributed by atoms with van der Waals surface area (Å²) in [6.45, 7) is 31.0. The summed E-state index contributed by atoms with van der Waals surface area (Å²) >= 11 is 9.08. The van der Waals surface area contributed by atoms with Crippen molar-refractivity contribution in [3.05, 3.63) is 118 Å². The molecule has 51 heavy (non-hydrogen) atoms. The van der Waals surface area contributed by atoms with Crippen LogP contribution in [0.25, 0.3) is 22.3 Å². The van der Waals surface area contributed by atoms with Crippen LogP contribution in [0.2, 0.25) is 0 Å². The Labute approximate surface area is 321 Å². The molecule has 7 heteroatoms. The van der Waals surface area contributed by atoms with Crippen LogP contribution in [0.1, 0.15) is 75.8 Å². The molecular weight excluding hydrogens is 667 g/mol. The number of nitrogens with one attached hydrogen (secondary N) is 3. The van der Waals surface area contributed by atoms with E-state index in [2.05, 4.69) is 130 Å². The van der Waals surface area contributed by atoms with Gasteiger partial charge in [0.05, 0.1) is 24.5 Å². The molecule has 278 valence electrons. The fourth-order valence-electron chi connectivity index (χ4n) is 5.73. The Morgan fingerprint density at radius 2 is 1.61 bits per heavy atom. The van der Waals surface area contributed by atoms with Gasteiger partial charge in [0.25, 0.3) is 0 Å². The van der Waals surface area contributed by atoms with Crippen molar-refractivity contribution in [3.63, 3.8) is 0 Å². The number of rotatable bonds is 9. The highest BCUT2D eigenvalue weighted by molar-refractivity contribution is 7.84. The summed E-state index contributed by atoms with van der Waals surface area (Å²) in [6.07, 6.45) is 8.63. The van der Waals surface area contributed by atoms with E-state index in [9.17, 15) is 0 Å². The summed E-state index contributed by atoms with van der Waals surface area (Å²) in [5.74, 6) is 0. The van der Waals surface area contributed by atoms with Gasteiger partial charge in [0, 0.05) is 43.6 Å². The van der Waals surface area contributed by atoms with E-state index in [1.807, 2.05) is 46.8 Å². The first-order valence-electron chi connectivity index (χ1n) is 18.1. The van der Waals surface area contributed by atoms with E-state index in [-0.39, 0.29) is 5.60 Å². The molecule has 0 radical (unpaired) electrons. The van der Waals surface area contributed by atoms with Crippen LogP contribution < -0.4 is 15.4 Å². The van der Waals surface area contributed by atoms with Crippen molar-refractivity contribution in [1.82, 2.24) is 5.32 Å². The van der Waals surface area contributed by atoms with Crippen LogP contribution in [0, 0.1) is 20.8 Å². The number of anilines is 2. The number of morpholine rings is 1. The average Bonchev–Trinajstić information content (AvgIpc) is 3.58. The van der Waals surface area contributed by atoms with Gasteiger partial charge < -0.3 is 24.8 Å². The van der Waals surface area contributed by atoms with E-state index in [4.69, 9.17) is 9.47 Å². The SMILES string of the molecule is C1COCCN1.C=CCc1c(C)c(NS)c(-c2cc(NC(=C)C3=CC=C(S)C3)ccc2CC)c(C)c1-c1ccc(C)cc1.CC.COC(C)(C)C. The minimum absolute atomic E-state index is 0.0417. The summed E-state index contributed by atoms with van der Waals surface area (Å²) in [4.78, 5) is 1.05. The molecule has 5 rings (SSSR count). The predicted octanol–water partition coefficient (Wildman–Crippen LogP) is 11.6. The lowest BCUT2D eigenvalue weighted by Crippen LogP contribution is -2.30. The van der Waals surface area contributed by atoms with Crippen LogP contribution >= 0.6 is 25.4 Å². The van der Waals surface area contributed by atoms with Gasteiger partial charge in [-0.1, -0.05) is 94.3 Å². The van der Waals surface area contributed by atoms with Crippen LogP contribution in [0.4, 0.5) is 11.4 Å². The number of allylic oxidation sites excluding steroid dienone is 5. The van der Waals surface area contributed by atoms with Crippen LogP contribution in [-0.2, 0) is 22.3 Å². The highest BCUT2D eigenvalue weighted by atomic mass is 32.1. The van der Waals surface area contributed by atoms with Gasteiger partial charge in [-0.25, -0.2) is 0 Å². The summed E-state index contributed by atoms with van der Waals surface area (Å²) in [7, 11) is 1.71. The minimum Gasteiger partial charge on any atom is -0.379 e. The van der Waals surface area contributed by atoms with Crippen LogP contribution in [0.15, 0.2) is 90.0 Å². The maximum absolute atomic E-state index is 5.01. The number of aryl methyl sites for hydroxylation is 2. The Hall–Kier alpha value is -3.20. The van der Waals surface area contributed by atoms with E-state index in [0.29, 0.717) is 0 Å². The van der Waals surface area contributed by atoms with Gasteiger partial charge in [-0.05, 0) is 116 Å². The third-order valence-electron chi connectivity index (χ3n) is 8.68. The van der Waals surface area contributed by atoms with Crippen molar-refractivity contribution in [3.8, 4) is 22.3 Å². The van der Waals surface area contributed by atoms with Crippen molar-refractivity contribution in [1.29, 1.82) is 0 Å². The average molecular weight is 730 g/mol.